The second-order valence-electron chi connectivity index (χ2n) is 3.55. The fourth-order valence-corrected chi connectivity index (χ4v) is 0.998. The van der Waals surface area contributed by atoms with Crippen LogP contribution in [-0.4, -0.2) is 22.0 Å². The van der Waals surface area contributed by atoms with Gasteiger partial charge in [0.2, 0.25) is 5.88 Å². The Morgan fingerprint density at radius 2 is 2.19 bits per heavy atom. The standard InChI is InChI=1S/C11H13NO4/c1-3-11(2,9(13)14)10(15)16-8-6-4-5-7-12-8/h4-7H,3H2,1-2H3,(H,13,14). The number of rotatable bonds is 4. The molecule has 1 rings (SSSR count). The zero-order valence-corrected chi connectivity index (χ0v) is 9.14. The van der Waals surface area contributed by atoms with Crippen molar-refractivity contribution in [2.45, 2.75) is 20.3 Å². The number of nitrogens with zero attached hydrogens (tertiary/aromatic N) is 1. The second-order valence-corrected chi connectivity index (χ2v) is 3.55. The van der Waals surface area contributed by atoms with E-state index in [0.29, 0.717) is 0 Å². The normalized spacial score (nSPS) is 13.9. The third kappa shape index (κ3) is 2.36. The monoisotopic (exact) mass is 223 g/mol. The van der Waals surface area contributed by atoms with Gasteiger partial charge in [-0.2, -0.15) is 0 Å². The third-order valence-corrected chi connectivity index (χ3v) is 2.46. The Balaban J connectivity index is 2.83. The smallest absolute Gasteiger partial charge is 0.329 e. The van der Waals surface area contributed by atoms with Gasteiger partial charge in [0.05, 0.1) is 0 Å². The fraction of sp³-hybridized carbons (Fsp3) is 0.364. The van der Waals surface area contributed by atoms with Gasteiger partial charge in [0.15, 0.2) is 5.41 Å². The van der Waals surface area contributed by atoms with E-state index in [-0.39, 0.29) is 12.3 Å². The third-order valence-electron chi connectivity index (χ3n) is 2.46. The molecule has 1 atom stereocenters. The number of carbonyl (C=O) groups excluding carboxylic acids is 1. The molecule has 0 saturated heterocycles. The zero-order valence-electron chi connectivity index (χ0n) is 9.14. The van der Waals surface area contributed by atoms with Crippen LogP contribution < -0.4 is 4.74 Å². The van der Waals surface area contributed by atoms with E-state index < -0.39 is 17.4 Å². The number of carboxylic acids is 1. The van der Waals surface area contributed by atoms with Crippen LogP contribution in [0.4, 0.5) is 0 Å². The van der Waals surface area contributed by atoms with Crippen molar-refractivity contribution < 1.29 is 19.4 Å². The number of aromatic nitrogens is 1. The van der Waals surface area contributed by atoms with Gasteiger partial charge in [-0.1, -0.05) is 13.0 Å². The van der Waals surface area contributed by atoms with Crippen molar-refractivity contribution >= 4 is 11.9 Å². The summed E-state index contributed by atoms with van der Waals surface area (Å²) in [6, 6.07) is 4.82. The highest BCUT2D eigenvalue weighted by Crippen LogP contribution is 2.24. The van der Waals surface area contributed by atoms with Gasteiger partial charge >= 0.3 is 11.9 Å². The Morgan fingerprint density at radius 3 is 2.62 bits per heavy atom. The second kappa shape index (κ2) is 4.74. The topological polar surface area (TPSA) is 76.5 Å². The maximum atomic E-state index is 11.7. The van der Waals surface area contributed by atoms with E-state index in [1.807, 2.05) is 0 Å². The average Bonchev–Trinajstić information content (AvgIpc) is 2.28. The van der Waals surface area contributed by atoms with Gasteiger partial charge in [0.25, 0.3) is 0 Å². The lowest BCUT2D eigenvalue weighted by molar-refractivity contribution is -0.161. The lowest BCUT2D eigenvalue weighted by Gasteiger charge is -2.19. The molecule has 0 aliphatic carbocycles. The summed E-state index contributed by atoms with van der Waals surface area (Å²) >= 11 is 0. The molecule has 1 N–H and O–H groups in total. The Bertz CT molecular complexity index is 390. The van der Waals surface area contributed by atoms with Gasteiger partial charge in [0.1, 0.15) is 0 Å². The minimum atomic E-state index is -1.53. The maximum Gasteiger partial charge on any atom is 0.329 e. The minimum absolute atomic E-state index is 0.105. The van der Waals surface area contributed by atoms with E-state index in [1.165, 1.54) is 19.2 Å². The summed E-state index contributed by atoms with van der Waals surface area (Å²) in [5, 5.41) is 8.96. The summed E-state index contributed by atoms with van der Waals surface area (Å²) in [6.45, 7) is 2.95. The van der Waals surface area contributed by atoms with E-state index >= 15 is 0 Å². The van der Waals surface area contributed by atoms with Crippen LogP contribution in [0.1, 0.15) is 20.3 Å². The summed E-state index contributed by atoms with van der Waals surface area (Å²) < 4.78 is 4.90. The molecule has 16 heavy (non-hydrogen) atoms. The van der Waals surface area contributed by atoms with Gasteiger partial charge in [0, 0.05) is 12.3 Å². The molecule has 0 aliphatic rings. The summed E-state index contributed by atoms with van der Waals surface area (Å²) in [5.74, 6) is -1.90. The van der Waals surface area contributed by atoms with Gasteiger partial charge in [-0.15, -0.1) is 0 Å². The Labute approximate surface area is 93.1 Å². The lowest BCUT2D eigenvalue weighted by atomic mass is 9.88. The van der Waals surface area contributed by atoms with Crippen LogP contribution in [-0.2, 0) is 9.59 Å². The van der Waals surface area contributed by atoms with Crippen molar-refractivity contribution in [1.82, 2.24) is 4.98 Å². The number of hydrogen-bond donors (Lipinski definition) is 1. The van der Waals surface area contributed by atoms with E-state index in [4.69, 9.17) is 9.84 Å². The number of hydrogen-bond acceptors (Lipinski definition) is 4. The summed E-state index contributed by atoms with van der Waals surface area (Å²) in [4.78, 5) is 26.4. The van der Waals surface area contributed by atoms with E-state index in [0.717, 1.165) is 0 Å². The number of ether oxygens (including phenoxy) is 1. The average molecular weight is 223 g/mol. The first-order chi connectivity index (χ1) is 7.50. The predicted molar refractivity (Wildman–Crippen MR) is 55.9 cm³/mol. The van der Waals surface area contributed by atoms with Gasteiger partial charge in [-0.3, -0.25) is 9.59 Å². The molecule has 5 heteroatoms. The number of carboxylic acid groups (broad SMARTS) is 1. The molecule has 0 aromatic carbocycles. The first-order valence-electron chi connectivity index (χ1n) is 4.87. The van der Waals surface area contributed by atoms with Crippen LogP contribution >= 0.6 is 0 Å². The summed E-state index contributed by atoms with van der Waals surface area (Å²) in [5.41, 5.74) is -1.53. The molecule has 0 saturated carbocycles. The first kappa shape index (κ1) is 12.2. The van der Waals surface area contributed by atoms with Gasteiger partial charge in [-0.25, -0.2) is 4.98 Å². The van der Waals surface area contributed by atoms with Crippen LogP contribution in [0.5, 0.6) is 5.88 Å². The lowest BCUT2D eigenvalue weighted by Crippen LogP contribution is -2.39. The summed E-state index contributed by atoms with van der Waals surface area (Å²) in [6.07, 6.45) is 1.63. The van der Waals surface area contributed by atoms with E-state index in [1.54, 1.807) is 19.1 Å². The fourth-order valence-electron chi connectivity index (χ4n) is 0.998. The number of aliphatic carboxylic acids is 1. The van der Waals surface area contributed by atoms with E-state index in [2.05, 4.69) is 4.98 Å². The van der Waals surface area contributed by atoms with Crippen molar-refractivity contribution in [3.8, 4) is 5.88 Å². The number of esters is 1. The molecule has 0 fully saturated rings. The van der Waals surface area contributed by atoms with Gasteiger partial charge < -0.3 is 9.84 Å². The molecule has 1 aromatic rings. The molecule has 0 amide bonds. The van der Waals surface area contributed by atoms with Gasteiger partial charge in [-0.05, 0) is 19.4 Å². The van der Waals surface area contributed by atoms with Crippen molar-refractivity contribution in [3.05, 3.63) is 24.4 Å². The van der Waals surface area contributed by atoms with Crippen molar-refractivity contribution in [1.29, 1.82) is 0 Å². The molecule has 5 nitrogen and oxygen atoms in total. The van der Waals surface area contributed by atoms with Crippen LogP contribution in [0.15, 0.2) is 24.4 Å². The highest BCUT2D eigenvalue weighted by Gasteiger charge is 2.41. The molecule has 86 valence electrons. The maximum absolute atomic E-state index is 11.7. The van der Waals surface area contributed by atoms with Crippen molar-refractivity contribution in [2.75, 3.05) is 0 Å². The predicted octanol–water partition coefficient (Wildman–Crippen LogP) is 1.49. The quantitative estimate of drug-likeness (QED) is 0.618. The minimum Gasteiger partial charge on any atom is -0.480 e. The van der Waals surface area contributed by atoms with E-state index in [9.17, 15) is 9.59 Å². The highest BCUT2D eigenvalue weighted by molar-refractivity contribution is 5.99. The Hall–Kier alpha value is -1.91. The Morgan fingerprint density at radius 1 is 1.50 bits per heavy atom. The zero-order chi connectivity index (χ0) is 12.2. The first-order valence-corrected chi connectivity index (χ1v) is 4.87. The highest BCUT2D eigenvalue weighted by atomic mass is 16.5. The number of pyridine rings is 1. The van der Waals surface area contributed by atoms with Crippen LogP contribution in [0.25, 0.3) is 0 Å². The van der Waals surface area contributed by atoms with Crippen LogP contribution in [0, 0.1) is 5.41 Å². The molecule has 0 radical (unpaired) electrons. The molecular formula is C11H13NO4. The molecule has 0 spiro atoms. The Kier molecular flexibility index (Phi) is 3.60. The molecule has 1 aromatic heterocycles. The van der Waals surface area contributed by atoms with Crippen molar-refractivity contribution in [2.24, 2.45) is 5.41 Å². The SMILES string of the molecule is CCC(C)(C(=O)O)C(=O)Oc1ccccn1. The molecule has 1 unspecified atom stereocenters. The van der Waals surface area contributed by atoms with Crippen LogP contribution in [0.3, 0.4) is 0 Å². The van der Waals surface area contributed by atoms with Crippen LogP contribution in [0.2, 0.25) is 0 Å². The molecule has 0 aliphatic heterocycles. The number of carbonyl (C=O) groups is 2. The molecular weight excluding hydrogens is 210 g/mol. The van der Waals surface area contributed by atoms with Crippen molar-refractivity contribution in [3.63, 3.8) is 0 Å². The largest absolute Gasteiger partial charge is 0.480 e. The summed E-state index contributed by atoms with van der Waals surface area (Å²) in [7, 11) is 0. The molecule has 0 bridgehead atoms. The molecule has 1 heterocycles.